The number of aliphatic hydroxyl groups is 2. The molecule has 10 atom stereocenters. The lowest BCUT2D eigenvalue weighted by molar-refractivity contribution is -0.157. The molecule has 0 saturated carbocycles. The molecular formula is C51H67N7O13. The Bertz CT molecular complexity index is 2330. The molecule has 0 aliphatic carbocycles. The Balaban J connectivity index is 1.39. The molecule has 20 heteroatoms. The summed E-state index contributed by atoms with van der Waals surface area (Å²) in [6.07, 6.45) is -1.83. The summed E-state index contributed by atoms with van der Waals surface area (Å²) in [5, 5.41) is 39.8. The number of fused-ring (bicyclic) bond motifs is 3. The van der Waals surface area contributed by atoms with Crippen molar-refractivity contribution in [3.63, 3.8) is 0 Å². The number of amides is 7. The highest BCUT2D eigenvalue weighted by molar-refractivity contribution is 6.00. The minimum absolute atomic E-state index is 0.000361. The summed E-state index contributed by atoms with van der Waals surface area (Å²) in [4.78, 5) is 132. The number of piperidine rings is 2. The van der Waals surface area contributed by atoms with Crippen molar-refractivity contribution in [2.75, 3.05) is 26.7 Å². The first-order valence-electron chi connectivity index (χ1n) is 24.4. The number of nitrogens with zero attached hydrogens (tertiary/aromatic N) is 4. The van der Waals surface area contributed by atoms with E-state index in [1.807, 2.05) is 0 Å². The first-order valence-corrected chi connectivity index (χ1v) is 24.4. The monoisotopic (exact) mass is 985 g/mol. The van der Waals surface area contributed by atoms with Gasteiger partial charge in [-0.05, 0) is 63.0 Å². The van der Waals surface area contributed by atoms with Crippen LogP contribution in [0.1, 0.15) is 83.8 Å². The molecular weight excluding hydrogens is 919 g/mol. The number of hydrogen-bond donors (Lipinski definition) is 6. The van der Waals surface area contributed by atoms with Gasteiger partial charge in [0.15, 0.2) is 0 Å². The molecule has 6 rings (SSSR count). The van der Waals surface area contributed by atoms with E-state index >= 15 is 0 Å². The number of aliphatic hydroxyl groups excluding tert-OH is 2. The summed E-state index contributed by atoms with van der Waals surface area (Å²) in [7, 11) is 1.34. The number of carboxylic acids is 1. The summed E-state index contributed by atoms with van der Waals surface area (Å²) in [6, 6.07) is 9.70. The second kappa shape index (κ2) is 24.0. The zero-order valence-corrected chi connectivity index (χ0v) is 40.9. The summed E-state index contributed by atoms with van der Waals surface area (Å²) in [5.74, 6) is -9.17. The van der Waals surface area contributed by atoms with Gasteiger partial charge in [-0.3, -0.25) is 43.3 Å². The van der Waals surface area contributed by atoms with Crippen LogP contribution >= 0.6 is 0 Å². The van der Waals surface area contributed by atoms with Gasteiger partial charge >= 0.3 is 11.9 Å². The summed E-state index contributed by atoms with van der Waals surface area (Å²) in [5.41, 5.74) is 1.01. The third-order valence-corrected chi connectivity index (χ3v) is 14.1. The third kappa shape index (κ3) is 13.0. The van der Waals surface area contributed by atoms with E-state index < -0.39 is 133 Å². The lowest BCUT2D eigenvalue weighted by Crippen LogP contribution is -2.62. The fourth-order valence-electron chi connectivity index (χ4n) is 9.72. The predicted molar refractivity (Wildman–Crippen MR) is 255 cm³/mol. The van der Waals surface area contributed by atoms with E-state index in [9.17, 15) is 58.5 Å². The van der Waals surface area contributed by atoms with Crippen molar-refractivity contribution in [2.45, 2.75) is 140 Å². The van der Waals surface area contributed by atoms with E-state index in [0.29, 0.717) is 24.0 Å². The van der Waals surface area contributed by atoms with E-state index in [0.717, 1.165) is 9.80 Å². The quantitative estimate of drug-likeness (QED) is 0.169. The molecule has 2 aromatic carbocycles. The maximum atomic E-state index is 14.9. The van der Waals surface area contributed by atoms with Gasteiger partial charge in [0.1, 0.15) is 42.0 Å². The lowest BCUT2D eigenvalue weighted by atomic mass is 9.91. The molecule has 3 fully saturated rings. The number of ether oxygens (including phenoxy) is 1. The Hall–Kier alpha value is -6.67. The Labute approximate surface area is 413 Å². The number of cyclic esters (lactones) is 1. The third-order valence-electron chi connectivity index (χ3n) is 14.1. The molecule has 3 saturated heterocycles. The van der Waals surface area contributed by atoms with Crippen LogP contribution in [0.15, 0.2) is 72.4 Å². The maximum Gasteiger partial charge on any atom is 0.355 e. The van der Waals surface area contributed by atoms with Crippen molar-refractivity contribution >= 4 is 53.3 Å². The molecule has 10 unspecified atom stereocenters. The minimum atomic E-state index is -1.77. The number of carbonyl (C=O) groups is 9. The van der Waals surface area contributed by atoms with Gasteiger partial charge in [-0.1, -0.05) is 80.6 Å². The molecule has 384 valence electrons. The Kier molecular flexibility index (Phi) is 18.1. The van der Waals surface area contributed by atoms with E-state index in [1.54, 1.807) is 74.5 Å². The van der Waals surface area contributed by atoms with Gasteiger partial charge < -0.3 is 50.7 Å². The molecule has 6 N–H and O–H groups in total. The van der Waals surface area contributed by atoms with E-state index in [1.165, 1.54) is 36.8 Å². The molecule has 2 aromatic rings. The molecule has 7 amide bonds. The number of nitrogens with one attached hydrogen (secondary N) is 3. The first kappa shape index (κ1) is 53.7. The van der Waals surface area contributed by atoms with Crippen LogP contribution in [0.5, 0.6) is 0 Å². The second-order valence-electron chi connectivity index (χ2n) is 19.3. The van der Waals surface area contributed by atoms with Crippen LogP contribution in [0.4, 0.5) is 0 Å². The van der Waals surface area contributed by atoms with Crippen LogP contribution in [0.3, 0.4) is 0 Å². The molecule has 0 aromatic heterocycles. The average Bonchev–Trinajstić information content (AvgIpc) is 3.35. The highest BCUT2D eigenvalue weighted by Gasteiger charge is 2.46. The van der Waals surface area contributed by atoms with Crippen LogP contribution in [0.2, 0.25) is 0 Å². The van der Waals surface area contributed by atoms with Crippen molar-refractivity contribution in [1.82, 2.24) is 35.6 Å². The van der Waals surface area contributed by atoms with Gasteiger partial charge in [0, 0.05) is 45.8 Å². The number of hydrogen-bond acceptors (Lipinski definition) is 12. The second-order valence-corrected chi connectivity index (χ2v) is 19.3. The van der Waals surface area contributed by atoms with Crippen molar-refractivity contribution in [3.8, 4) is 0 Å². The van der Waals surface area contributed by atoms with Gasteiger partial charge in [-0.2, -0.15) is 0 Å². The predicted octanol–water partition coefficient (Wildman–Crippen LogP) is 0.675. The Morgan fingerprint density at radius 3 is 2.15 bits per heavy atom. The molecule has 0 spiro atoms. The van der Waals surface area contributed by atoms with Crippen molar-refractivity contribution in [2.24, 2.45) is 11.8 Å². The maximum absolute atomic E-state index is 14.9. The highest BCUT2D eigenvalue weighted by atomic mass is 16.5. The smallest absolute Gasteiger partial charge is 0.355 e. The standard InChI is InChI=1S/C51H67N7O13/c1-29(2)35(50(68)69)27-42(61)55(5)39(25-33-16-10-7-11-17-33)45(63)54-44-31(4)71-51(70)38-19-20-41(60)30(3)58(38)49(67)37-18-12-13-22-57(37)48(66)36(24-32-14-8-6-9-15-32)53-46(64)40-26-34(59)21-23-56(40)43(62)28-52-47(44)65/h6-11,14-17,19,29-31,34-37,39-41,44,59-60H,12-13,18,20-28H2,1-5H3,(H,52,65)(H,53,64)(H,54,63)(H,68,69). The topological polar surface area (TPSA) is 273 Å². The molecule has 0 radical (unpaired) electrons. The van der Waals surface area contributed by atoms with E-state index in [2.05, 4.69) is 16.0 Å². The average molecular weight is 986 g/mol. The van der Waals surface area contributed by atoms with Crippen LogP contribution in [-0.4, -0.2) is 169 Å². The van der Waals surface area contributed by atoms with Crippen LogP contribution in [0, 0.1) is 11.8 Å². The van der Waals surface area contributed by atoms with Crippen LogP contribution in [0.25, 0.3) is 0 Å². The lowest BCUT2D eigenvalue weighted by Gasteiger charge is -2.43. The SMILES string of the molecule is CC(C)C(CC(=O)N(C)C(Cc1ccccc1)C(=O)NC1C(=O)NCC(=O)N2CCC(O)CC2C(=O)NC(Cc2ccccc2)C(=O)N2CCCCC2C(=O)N2C(=CCC(O)C2C)C(=O)OC1C)C(=O)O. The number of likely N-dealkylation sites (N-methyl/N-ethyl adjacent to an activating group) is 1. The van der Waals surface area contributed by atoms with Crippen molar-refractivity contribution in [3.05, 3.63) is 83.6 Å². The van der Waals surface area contributed by atoms with E-state index in [-0.39, 0.29) is 57.3 Å². The Morgan fingerprint density at radius 1 is 0.845 bits per heavy atom. The van der Waals surface area contributed by atoms with Gasteiger partial charge in [0.25, 0.3) is 0 Å². The van der Waals surface area contributed by atoms with Crippen LogP contribution in [-0.2, 0) is 60.7 Å². The molecule has 4 aliphatic heterocycles. The van der Waals surface area contributed by atoms with Gasteiger partial charge in [0.05, 0.1) is 30.7 Å². The molecule has 4 aliphatic rings. The largest absolute Gasteiger partial charge is 0.481 e. The fourth-order valence-corrected chi connectivity index (χ4v) is 9.72. The zero-order chi connectivity index (χ0) is 51.7. The Morgan fingerprint density at radius 2 is 1.51 bits per heavy atom. The number of benzene rings is 2. The zero-order valence-electron chi connectivity index (χ0n) is 40.9. The first-order chi connectivity index (χ1) is 33.8. The summed E-state index contributed by atoms with van der Waals surface area (Å²) >= 11 is 0. The number of rotatable bonds is 11. The van der Waals surface area contributed by atoms with Gasteiger partial charge in [-0.25, -0.2) is 4.79 Å². The fraction of sp³-hybridized carbons (Fsp3) is 0.549. The number of aliphatic carboxylic acids is 1. The summed E-state index contributed by atoms with van der Waals surface area (Å²) < 4.78 is 5.93. The van der Waals surface area contributed by atoms with Crippen LogP contribution < -0.4 is 16.0 Å². The highest BCUT2D eigenvalue weighted by Crippen LogP contribution is 2.30. The van der Waals surface area contributed by atoms with Gasteiger partial charge in [-0.15, -0.1) is 0 Å². The number of carboxylic acid groups (broad SMARTS) is 1. The minimum Gasteiger partial charge on any atom is -0.481 e. The number of esters is 1. The number of carbonyl (C=O) groups excluding carboxylic acids is 8. The van der Waals surface area contributed by atoms with Crippen molar-refractivity contribution in [1.29, 1.82) is 0 Å². The normalized spacial score (nSPS) is 26.9. The molecule has 20 nitrogen and oxygen atoms in total. The van der Waals surface area contributed by atoms with E-state index in [4.69, 9.17) is 4.74 Å². The molecule has 0 bridgehead atoms. The van der Waals surface area contributed by atoms with Crippen molar-refractivity contribution < 1.29 is 63.2 Å². The molecule has 71 heavy (non-hydrogen) atoms. The van der Waals surface area contributed by atoms with Gasteiger partial charge in [0.2, 0.25) is 41.4 Å². The summed E-state index contributed by atoms with van der Waals surface area (Å²) in [6.45, 7) is 5.46. The molecule has 4 heterocycles.